The van der Waals surface area contributed by atoms with Gasteiger partial charge in [-0.2, -0.15) is 0 Å². The number of amides is 2. The molecule has 3 rings (SSSR count). The van der Waals surface area contributed by atoms with Gasteiger partial charge in [-0.05, 0) is 51.0 Å². The number of rotatable bonds is 8. The van der Waals surface area contributed by atoms with Crippen LogP contribution in [-0.2, 0) is 16.1 Å². The first kappa shape index (κ1) is 22.0. The summed E-state index contributed by atoms with van der Waals surface area (Å²) in [5.41, 5.74) is 4.03. The first-order chi connectivity index (χ1) is 14.4. The number of hydrogen-bond acceptors (Lipinski definition) is 3. The molecule has 0 fully saturated rings. The summed E-state index contributed by atoms with van der Waals surface area (Å²) >= 11 is 1.50. The third-order valence-corrected chi connectivity index (χ3v) is 6.24. The minimum atomic E-state index is -0.0373. The van der Waals surface area contributed by atoms with Gasteiger partial charge in [0, 0.05) is 40.8 Å². The molecule has 2 amide bonds. The summed E-state index contributed by atoms with van der Waals surface area (Å²) in [4.78, 5) is 28.0. The molecule has 3 aromatic rings. The maximum Gasteiger partial charge on any atom is 0.242 e. The zero-order valence-corrected chi connectivity index (χ0v) is 18.9. The summed E-state index contributed by atoms with van der Waals surface area (Å²) < 4.78 is 1.99. The largest absolute Gasteiger partial charge is 0.342 e. The molecule has 158 valence electrons. The Balaban J connectivity index is 1.74. The molecule has 1 N–H and O–H groups in total. The second-order valence-corrected chi connectivity index (χ2v) is 8.38. The molecule has 0 spiro atoms. The molecule has 0 radical (unpaired) electrons. The molecule has 1 aromatic heterocycles. The molecule has 0 saturated carbocycles. The molecule has 1 heterocycles. The maximum absolute atomic E-state index is 12.6. The van der Waals surface area contributed by atoms with E-state index in [0.717, 1.165) is 32.6 Å². The molecule has 0 unspecified atom stereocenters. The monoisotopic (exact) mass is 423 g/mol. The van der Waals surface area contributed by atoms with Gasteiger partial charge >= 0.3 is 0 Å². The number of fused-ring (bicyclic) bond motifs is 1. The van der Waals surface area contributed by atoms with E-state index in [2.05, 4.69) is 5.32 Å². The highest BCUT2D eigenvalue weighted by molar-refractivity contribution is 8.00. The van der Waals surface area contributed by atoms with Crippen LogP contribution in [0.4, 0.5) is 5.69 Å². The van der Waals surface area contributed by atoms with Crippen molar-refractivity contribution in [2.24, 2.45) is 0 Å². The molecule has 6 heteroatoms. The van der Waals surface area contributed by atoms with E-state index < -0.39 is 0 Å². The molecule has 0 aliphatic heterocycles. The topological polar surface area (TPSA) is 54.3 Å². The predicted octanol–water partition coefficient (Wildman–Crippen LogP) is 4.86. The number of benzene rings is 2. The van der Waals surface area contributed by atoms with Crippen LogP contribution in [0.3, 0.4) is 0 Å². The number of carbonyl (C=O) groups excluding carboxylic acids is 2. The van der Waals surface area contributed by atoms with Crippen molar-refractivity contribution in [1.82, 2.24) is 9.47 Å². The molecule has 2 aromatic carbocycles. The van der Waals surface area contributed by atoms with Crippen LogP contribution in [-0.4, -0.2) is 40.1 Å². The fraction of sp³-hybridized carbons (Fsp3) is 0.333. The van der Waals surface area contributed by atoms with Crippen molar-refractivity contribution in [2.75, 3.05) is 24.2 Å². The molecule has 0 aliphatic carbocycles. The van der Waals surface area contributed by atoms with Crippen LogP contribution in [0.2, 0.25) is 0 Å². The Bertz CT molecular complexity index is 1050. The van der Waals surface area contributed by atoms with Gasteiger partial charge in [-0.25, -0.2) is 0 Å². The number of likely N-dealkylation sites (N-methyl/N-ethyl adjacent to an activating group) is 1. The fourth-order valence-electron chi connectivity index (χ4n) is 3.48. The minimum Gasteiger partial charge on any atom is -0.342 e. The molecule has 5 nitrogen and oxygen atoms in total. The Labute approximate surface area is 182 Å². The second kappa shape index (κ2) is 9.85. The van der Waals surface area contributed by atoms with E-state index >= 15 is 0 Å². The SMILES string of the molecule is CCN(CC)C(=O)Cn1cc(SCC(=O)Nc2cc(C)ccc2C)c2ccccc21. The molecule has 0 bridgehead atoms. The number of aromatic nitrogens is 1. The lowest BCUT2D eigenvalue weighted by atomic mass is 10.1. The summed E-state index contributed by atoms with van der Waals surface area (Å²) in [6.45, 7) is 9.69. The molecule has 30 heavy (non-hydrogen) atoms. The molecule has 0 aliphatic rings. The number of para-hydroxylation sites is 1. The van der Waals surface area contributed by atoms with Gasteiger partial charge in [0.25, 0.3) is 0 Å². The van der Waals surface area contributed by atoms with E-state index in [4.69, 9.17) is 0 Å². The standard InChI is InChI=1S/C24H29N3O2S/c1-5-26(6-2)24(29)15-27-14-22(19-9-7-8-10-21(19)27)30-16-23(28)25-20-13-17(3)11-12-18(20)4/h7-14H,5-6,15-16H2,1-4H3,(H,25,28). The van der Waals surface area contributed by atoms with E-state index in [1.54, 1.807) is 0 Å². The third kappa shape index (κ3) is 5.05. The van der Waals surface area contributed by atoms with Crippen LogP contribution in [0.5, 0.6) is 0 Å². The predicted molar refractivity (Wildman–Crippen MR) is 125 cm³/mol. The van der Waals surface area contributed by atoms with Gasteiger partial charge in [-0.3, -0.25) is 9.59 Å². The quantitative estimate of drug-likeness (QED) is 0.527. The summed E-state index contributed by atoms with van der Waals surface area (Å²) in [5.74, 6) is 0.375. The van der Waals surface area contributed by atoms with E-state index in [1.807, 2.05) is 85.8 Å². The normalized spacial score (nSPS) is 10.9. The van der Waals surface area contributed by atoms with Gasteiger partial charge in [-0.15, -0.1) is 11.8 Å². The first-order valence-electron chi connectivity index (χ1n) is 10.3. The second-order valence-electron chi connectivity index (χ2n) is 7.36. The highest BCUT2D eigenvalue weighted by Gasteiger charge is 2.15. The lowest BCUT2D eigenvalue weighted by Crippen LogP contribution is -2.33. The zero-order valence-electron chi connectivity index (χ0n) is 18.1. The van der Waals surface area contributed by atoms with Crippen LogP contribution >= 0.6 is 11.8 Å². The van der Waals surface area contributed by atoms with E-state index in [1.165, 1.54) is 11.8 Å². The fourth-order valence-corrected chi connectivity index (χ4v) is 4.37. The van der Waals surface area contributed by atoms with Crippen molar-refractivity contribution in [3.63, 3.8) is 0 Å². The Hall–Kier alpha value is -2.73. The van der Waals surface area contributed by atoms with Crippen molar-refractivity contribution in [2.45, 2.75) is 39.1 Å². The highest BCUT2D eigenvalue weighted by Crippen LogP contribution is 2.30. The van der Waals surface area contributed by atoms with Gasteiger partial charge in [-0.1, -0.05) is 30.3 Å². The molecular formula is C24H29N3O2S. The lowest BCUT2D eigenvalue weighted by molar-refractivity contribution is -0.131. The number of anilines is 1. The van der Waals surface area contributed by atoms with Crippen molar-refractivity contribution < 1.29 is 9.59 Å². The van der Waals surface area contributed by atoms with E-state index in [0.29, 0.717) is 25.4 Å². The number of carbonyl (C=O) groups is 2. The van der Waals surface area contributed by atoms with Gasteiger partial charge in [0.2, 0.25) is 11.8 Å². The van der Waals surface area contributed by atoms with E-state index in [9.17, 15) is 9.59 Å². The summed E-state index contributed by atoms with van der Waals surface area (Å²) in [5, 5.41) is 4.08. The number of thioether (sulfide) groups is 1. The first-order valence-corrected chi connectivity index (χ1v) is 11.3. The van der Waals surface area contributed by atoms with Gasteiger partial charge < -0.3 is 14.8 Å². The minimum absolute atomic E-state index is 0.0373. The summed E-state index contributed by atoms with van der Waals surface area (Å²) in [7, 11) is 0. The van der Waals surface area contributed by atoms with Crippen LogP contribution < -0.4 is 5.32 Å². The Kier molecular flexibility index (Phi) is 7.21. The summed E-state index contributed by atoms with van der Waals surface area (Å²) in [6.07, 6.45) is 1.99. The highest BCUT2D eigenvalue weighted by atomic mass is 32.2. The van der Waals surface area contributed by atoms with Crippen molar-refractivity contribution in [3.8, 4) is 0 Å². The molecular weight excluding hydrogens is 394 g/mol. The molecule has 0 saturated heterocycles. The van der Waals surface area contributed by atoms with Crippen LogP contribution in [0, 0.1) is 13.8 Å². The maximum atomic E-state index is 12.6. The van der Waals surface area contributed by atoms with Crippen LogP contribution in [0.1, 0.15) is 25.0 Å². The molecule has 0 atom stereocenters. The smallest absolute Gasteiger partial charge is 0.242 e. The third-order valence-electron chi connectivity index (χ3n) is 5.20. The Morgan fingerprint density at radius 3 is 2.53 bits per heavy atom. The number of aryl methyl sites for hydroxylation is 2. The Morgan fingerprint density at radius 1 is 1.07 bits per heavy atom. The number of nitrogens with zero attached hydrogens (tertiary/aromatic N) is 2. The zero-order chi connectivity index (χ0) is 21.7. The van der Waals surface area contributed by atoms with Crippen LogP contribution in [0.25, 0.3) is 10.9 Å². The van der Waals surface area contributed by atoms with Gasteiger partial charge in [0.1, 0.15) is 6.54 Å². The van der Waals surface area contributed by atoms with Gasteiger partial charge in [0.05, 0.1) is 5.75 Å². The lowest BCUT2D eigenvalue weighted by Gasteiger charge is -2.19. The number of nitrogens with one attached hydrogen (secondary N) is 1. The average Bonchev–Trinajstić information content (AvgIpc) is 3.08. The van der Waals surface area contributed by atoms with Crippen molar-refractivity contribution in [3.05, 3.63) is 59.8 Å². The van der Waals surface area contributed by atoms with Gasteiger partial charge in [0.15, 0.2) is 0 Å². The number of hydrogen-bond donors (Lipinski definition) is 1. The van der Waals surface area contributed by atoms with Crippen LogP contribution in [0.15, 0.2) is 53.6 Å². The average molecular weight is 424 g/mol. The van der Waals surface area contributed by atoms with Crippen molar-refractivity contribution >= 4 is 40.2 Å². The Morgan fingerprint density at radius 2 is 1.80 bits per heavy atom. The summed E-state index contributed by atoms with van der Waals surface area (Å²) in [6, 6.07) is 14.1. The van der Waals surface area contributed by atoms with Crippen molar-refractivity contribution in [1.29, 1.82) is 0 Å². The van der Waals surface area contributed by atoms with E-state index in [-0.39, 0.29) is 11.8 Å².